The molecule has 0 radical (unpaired) electrons. The van der Waals surface area contributed by atoms with Crippen LogP contribution < -0.4 is 49.7 Å². The van der Waals surface area contributed by atoms with E-state index in [1.165, 1.54) is 0 Å². The van der Waals surface area contributed by atoms with Gasteiger partial charge in [-0.1, -0.05) is 114 Å². The van der Waals surface area contributed by atoms with Crippen LogP contribution in [-0.4, -0.2) is 23.6 Å². The highest BCUT2D eigenvalue weighted by molar-refractivity contribution is 6.35. The lowest BCUT2D eigenvalue weighted by atomic mass is 9.78. The fourth-order valence-electron chi connectivity index (χ4n) is 12.4. The second kappa shape index (κ2) is 25.8. The van der Waals surface area contributed by atoms with Gasteiger partial charge in [-0.2, -0.15) is 0 Å². The van der Waals surface area contributed by atoms with Crippen molar-refractivity contribution < 1.29 is 47.6 Å². The number of ether oxygens (including phenoxy) is 6. The molecule has 4 N–H and O–H groups in total. The molecule has 2 aliphatic heterocycles. The number of anilines is 4. The quantitative estimate of drug-likeness (QED) is 0.0545. The molecule has 12 aromatic rings. The maximum absolute atomic E-state index is 13.9. The minimum Gasteiger partial charge on any atom is -0.457 e. The Balaban J connectivity index is 0.553. The number of hydrogen-bond donors (Lipinski definition) is 2. The molecule has 0 spiro atoms. The number of nitrogens with two attached hydrogens (primary N) is 2. The van der Waals surface area contributed by atoms with Crippen LogP contribution in [0.3, 0.4) is 0 Å². The smallest absolute Gasteiger partial charge is 0.266 e. The second-order valence-corrected chi connectivity index (χ2v) is 26.1. The summed E-state index contributed by atoms with van der Waals surface area (Å²) in [5.41, 5.74) is 20.3. The molecule has 14 nitrogen and oxygen atoms in total. The maximum Gasteiger partial charge on any atom is 0.266 e. The molecule has 2 aliphatic rings. The van der Waals surface area contributed by atoms with Crippen LogP contribution in [0.5, 0.6) is 69.0 Å². The van der Waals surface area contributed by atoms with Gasteiger partial charge in [0.1, 0.15) is 69.0 Å². The summed E-state index contributed by atoms with van der Waals surface area (Å²) in [6, 6.07) is 85.6. The minimum absolute atomic E-state index is 0.243. The number of benzene rings is 12. The van der Waals surface area contributed by atoms with Gasteiger partial charge in [0.15, 0.2) is 0 Å². The molecule has 0 aromatic heterocycles. The van der Waals surface area contributed by atoms with Crippen molar-refractivity contribution >= 4 is 46.4 Å². The van der Waals surface area contributed by atoms with Crippen LogP contribution >= 0.6 is 0 Å². The van der Waals surface area contributed by atoms with Gasteiger partial charge in [0.2, 0.25) is 0 Å². The number of hydrogen-bond acceptors (Lipinski definition) is 12. The molecule has 488 valence electrons. The summed E-state index contributed by atoms with van der Waals surface area (Å²) in [5, 5.41) is 0. The number of nitrogen functional groups attached to an aromatic ring is 2. The predicted octanol–water partition coefficient (Wildman–Crippen LogP) is 20.2. The summed E-state index contributed by atoms with van der Waals surface area (Å²) >= 11 is 0. The number of carbonyl (C=O) groups is 4. The van der Waals surface area contributed by atoms with Crippen molar-refractivity contribution in [2.75, 3.05) is 21.3 Å². The number of nitrogens with zero attached hydrogens (tertiary/aromatic N) is 2. The van der Waals surface area contributed by atoms with E-state index in [0.29, 0.717) is 80.2 Å². The van der Waals surface area contributed by atoms with E-state index in [0.717, 1.165) is 54.7 Å². The Kier molecular flexibility index (Phi) is 16.6. The molecule has 0 saturated heterocycles. The molecule has 0 unspecified atom stereocenters. The van der Waals surface area contributed by atoms with E-state index in [1.807, 2.05) is 146 Å². The van der Waals surface area contributed by atoms with Crippen LogP contribution in [0.15, 0.2) is 279 Å². The molecule has 14 rings (SSSR count). The van der Waals surface area contributed by atoms with E-state index in [2.05, 4.69) is 65.8 Å². The molecule has 0 bridgehead atoms. The Morgan fingerprint density at radius 2 is 0.394 bits per heavy atom. The van der Waals surface area contributed by atoms with Gasteiger partial charge in [-0.05, 0) is 240 Å². The first-order chi connectivity index (χ1) is 47.7. The maximum atomic E-state index is 13.9. The lowest BCUT2D eigenvalue weighted by molar-refractivity contribution is 0.0910. The number of carbonyl (C=O) groups excluding carboxylic acids is 4. The molecule has 0 fully saturated rings. The number of fused-ring (bicyclic) bond motifs is 2. The third kappa shape index (κ3) is 13.0. The van der Waals surface area contributed by atoms with Crippen molar-refractivity contribution in [3.8, 4) is 69.0 Å². The fraction of sp³-hybridized carbons (Fsp3) is 0.106. The summed E-state index contributed by atoms with van der Waals surface area (Å²) in [6.07, 6.45) is 0. The average molecular weight is 1310 g/mol. The first-order valence-corrected chi connectivity index (χ1v) is 32.4. The minimum atomic E-state index is -0.455. The predicted molar refractivity (Wildman–Crippen MR) is 385 cm³/mol. The van der Waals surface area contributed by atoms with Crippen molar-refractivity contribution in [1.29, 1.82) is 0 Å². The summed E-state index contributed by atoms with van der Waals surface area (Å²) in [4.78, 5) is 57.6. The van der Waals surface area contributed by atoms with Gasteiger partial charge in [-0.15, -0.1) is 0 Å². The topological polar surface area (TPSA) is 182 Å². The Labute approximate surface area is 573 Å². The monoisotopic (exact) mass is 1300 g/mol. The summed E-state index contributed by atoms with van der Waals surface area (Å²) in [6.45, 7) is 12.9. The lowest BCUT2D eigenvalue weighted by Crippen LogP contribution is -2.29. The summed E-state index contributed by atoms with van der Waals surface area (Å²) < 4.78 is 37.0. The molecular formula is C85H68N4O10. The highest BCUT2D eigenvalue weighted by Gasteiger charge is 2.39. The first-order valence-electron chi connectivity index (χ1n) is 32.4. The van der Waals surface area contributed by atoms with Crippen LogP contribution in [0.2, 0.25) is 0 Å². The van der Waals surface area contributed by atoms with Gasteiger partial charge in [0.25, 0.3) is 23.6 Å². The molecule has 0 saturated carbocycles. The zero-order valence-corrected chi connectivity index (χ0v) is 55.2. The molecule has 0 atom stereocenters. The van der Waals surface area contributed by atoms with Crippen molar-refractivity contribution in [3.05, 3.63) is 335 Å². The molecule has 14 heteroatoms. The number of imide groups is 2. The van der Waals surface area contributed by atoms with Crippen LogP contribution in [0.4, 0.5) is 22.7 Å². The molecule has 4 amide bonds. The van der Waals surface area contributed by atoms with Gasteiger partial charge in [0.05, 0.1) is 33.6 Å². The van der Waals surface area contributed by atoms with Crippen molar-refractivity contribution in [2.45, 2.75) is 57.8 Å². The second-order valence-electron chi connectivity index (χ2n) is 26.1. The van der Waals surface area contributed by atoms with Gasteiger partial charge < -0.3 is 39.9 Å². The average Bonchev–Trinajstić information content (AvgIpc) is 1.76. The van der Waals surface area contributed by atoms with E-state index in [1.54, 1.807) is 109 Å². The Hall–Kier alpha value is -12.7. The van der Waals surface area contributed by atoms with Gasteiger partial charge in [-0.25, -0.2) is 9.80 Å². The van der Waals surface area contributed by atoms with Crippen molar-refractivity contribution in [2.24, 2.45) is 0 Å². The number of rotatable bonds is 20. The number of amides is 4. The Morgan fingerprint density at radius 3 is 0.616 bits per heavy atom. The molecular weight excluding hydrogens is 1240 g/mol. The fourth-order valence-corrected chi connectivity index (χ4v) is 12.4. The van der Waals surface area contributed by atoms with Gasteiger partial charge in [0, 0.05) is 27.6 Å². The Bertz CT molecular complexity index is 4700. The van der Waals surface area contributed by atoms with Gasteiger partial charge >= 0.3 is 0 Å². The van der Waals surface area contributed by atoms with Crippen LogP contribution in [0.1, 0.15) is 116 Å². The van der Waals surface area contributed by atoms with E-state index in [4.69, 9.17) is 39.9 Å². The van der Waals surface area contributed by atoms with E-state index in [-0.39, 0.29) is 33.1 Å². The van der Waals surface area contributed by atoms with Crippen LogP contribution in [-0.2, 0) is 16.2 Å². The van der Waals surface area contributed by atoms with Gasteiger partial charge in [-0.3, -0.25) is 19.2 Å². The molecule has 12 aromatic carbocycles. The zero-order valence-electron chi connectivity index (χ0n) is 55.2. The van der Waals surface area contributed by atoms with Crippen molar-refractivity contribution in [1.82, 2.24) is 0 Å². The van der Waals surface area contributed by atoms with E-state index in [9.17, 15) is 19.2 Å². The third-order valence-corrected chi connectivity index (χ3v) is 18.5. The highest BCUT2D eigenvalue weighted by atomic mass is 16.5. The van der Waals surface area contributed by atoms with E-state index < -0.39 is 29.0 Å². The summed E-state index contributed by atoms with van der Waals surface area (Å²) in [7, 11) is 0. The standard InChI is InChI=1S/C85H68N4O10/c1-83(2,53-7-27-63(28-8-53)94-69-39-19-59(86)20-40-69)55-11-31-65(32-12-55)96-71-43-23-61(24-44-71)88-79(90)75-49-47-73(51-77(75)81(88)92)98-67-35-15-57(16-36-67)85(5,6)58-17-37-68(38-18-58)99-74-48-50-76-78(52-74)82(93)89(80(76)91)62-25-45-72(46-26-62)97-66-33-13-56(14-34-66)84(3,4)54-9-29-64(30-10-54)95-70-41-21-60(87)22-42-70/h7-52H,86-87H2,1-6H3. The third-order valence-electron chi connectivity index (χ3n) is 18.5. The molecule has 2 heterocycles. The molecule has 0 aliphatic carbocycles. The Morgan fingerprint density at radius 1 is 0.222 bits per heavy atom. The molecule has 99 heavy (non-hydrogen) atoms. The highest BCUT2D eigenvalue weighted by Crippen LogP contribution is 2.42. The zero-order chi connectivity index (χ0) is 68.7. The van der Waals surface area contributed by atoms with Crippen LogP contribution in [0.25, 0.3) is 0 Å². The normalized spacial score (nSPS) is 12.9. The van der Waals surface area contributed by atoms with Crippen LogP contribution in [0, 0.1) is 0 Å². The lowest BCUT2D eigenvalue weighted by Gasteiger charge is -2.26. The summed E-state index contributed by atoms with van der Waals surface area (Å²) in [5.74, 6) is 5.40. The van der Waals surface area contributed by atoms with Crippen molar-refractivity contribution in [3.63, 3.8) is 0 Å². The van der Waals surface area contributed by atoms with E-state index >= 15 is 0 Å². The SMILES string of the molecule is CC(C)(c1ccc(Oc2ccc(N)cc2)cc1)c1ccc(Oc2ccc(N3C(=O)c4ccc(Oc5ccc(C(C)(C)c6ccc(Oc7ccc8c(c7)C(=O)N(c7ccc(Oc9ccc(C(C)(C)c%10ccc(Oc%11ccc(N)cc%11)cc%10)cc9)cc7)C8=O)cc6)cc5)cc4C3=O)cc2)cc1. The largest absolute Gasteiger partial charge is 0.457 e. The first kappa shape index (κ1) is 63.7.